The van der Waals surface area contributed by atoms with Gasteiger partial charge in [0.15, 0.2) is 0 Å². The average Bonchev–Trinajstić information content (AvgIpc) is 2.16. The lowest BCUT2D eigenvalue weighted by atomic mass is 10.0. The molecule has 0 aliphatic carbocycles. The summed E-state index contributed by atoms with van der Waals surface area (Å²) in [6.07, 6.45) is 1.84. The third-order valence-electron chi connectivity index (χ3n) is 2.05. The number of carbonyl (C=O) groups is 1. The molecule has 1 saturated heterocycles. The average molecular weight is 188 g/mol. The molecule has 7 heteroatoms. The highest BCUT2D eigenvalue weighted by Crippen LogP contribution is 2.18. The van der Waals surface area contributed by atoms with Gasteiger partial charge in [0, 0.05) is 6.54 Å². The maximum atomic E-state index is 10.8. The first-order valence-corrected chi connectivity index (χ1v) is 3.96. The first-order chi connectivity index (χ1) is 6.16. The van der Waals surface area contributed by atoms with Gasteiger partial charge >= 0.3 is 5.97 Å². The Morgan fingerprint density at radius 2 is 2.31 bits per heavy atom. The van der Waals surface area contributed by atoms with Crippen LogP contribution in [0.4, 0.5) is 0 Å². The molecule has 7 nitrogen and oxygen atoms in total. The Balaban J connectivity index is 2.66. The van der Waals surface area contributed by atoms with Gasteiger partial charge in [0.2, 0.25) is 0 Å². The molecule has 0 amide bonds. The van der Waals surface area contributed by atoms with Crippen LogP contribution >= 0.6 is 0 Å². The van der Waals surface area contributed by atoms with Crippen LogP contribution in [0.3, 0.4) is 0 Å². The summed E-state index contributed by atoms with van der Waals surface area (Å²) >= 11 is 0. The molecule has 1 aliphatic heterocycles. The smallest absolute Gasteiger partial charge is 0.322 e. The van der Waals surface area contributed by atoms with Crippen LogP contribution < -0.4 is 0 Å². The molecule has 0 aromatic carbocycles. The number of hydrogen-bond donors (Lipinski definition) is 1. The van der Waals surface area contributed by atoms with E-state index in [9.17, 15) is 14.9 Å². The Morgan fingerprint density at radius 1 is 1.62 bits per heavy atom. The summed E-state index contributed by atoms with van der Waals surface area (Å²) in [6, 6.07) is -0.913. The van der Waals surface area contributed by atoms with Crippen molar-refractivity contribution in [2.45, 2.75) is 25.3 Å². The molecule has 0 spiro atoms. The summed E-state index contributed by atoms with van der Waals surface area (Å²) < 4.78 is 0. The minimum Gasteiger partial charge on any atom is -0.724 e. The molecular formula is C6H10N3O4-. The van der Waals surface area contributed by atoms with Crippen LogP contribution in [0.2, 0.25) is 0 Å². The summed E-state index contributed by atoms with van der Waals surface area (Å²) in [4.78, 5) is 20.5. The van der Waals surface area contributed by atoms with Gasteiger partial charge in [-0.15, -0.1) is 4.91 Å². The highest BCUT2D eigenvalue weighted by molar-refractivity contribution is 5.73. The van der Waals surface area contributed by atoms with Crippen molar-refractivity contribution >= 4 is 5.97 Å². The van der Waals surface area contributed by atoms with Crippen LogP contribution in [-0.4, -0.2) is 34.0 Å². The van der Waals surface area contributed by atoms with Crippen molar-refractivity contribution in [1.29, 1.82) is 0 Å². The van der Waals surface area contributed by atoms with Crippen LogP contribution in [-0.2, 0) is 4.79 Å². The predicted molar refractivity (Wildman–Crippen MR) is 43.0 cm³/mol. The summed E-state index contributed by atoms with van der Waals surface area (Å²) in [6.45, 7) is 0.270. The van der Waals surface area contributed by atoms with E-state index in [2.05, 4.69) is 5.29 Å². The van der Waals surface area contributed by atoms with Crippen LogP contribution in [0.15, 0.2) is 5.29 Å². The molecule has 0 aromatic rings. The predicted octanol–water partition coefficient (Wildman–Crippen LogP) is 0.322. The maximum Gasteiger partial charge on any atom is 0.322 e. The molecule has 0 bridgehead atoms. The number of rotatable bonds is 3. The molecule has 1 heterocycles. The standard InChI is InChI=1S/C6H10N3O4/c10-6(11)5-3-1-2-4-8(5)9(13)7-12/h5H,1-4H2,(H,10,11)/q-1. The van der Waals surface area contributed by atoms with E-state index in [1.54, 1.807) is 0 Å². The van der Waals surface area contributed by atoms with Crippen molar-refractivity contribution in [3.63, 3.8) is 0 Å². The second-order valence-corrected chi connectivity index (χ2v) is 2.85. The molecule has 74 valence electrons. The van der Waals surface area contributed by atoms with Crippen LogP contribution in [0.1, 0.15) is 19.3 Å². The second-order valence-electron chi connectivity index (χ2n) is 2.85. The largest absolute Gasteiger partial charge is 0.724 e. The monoisotopic (exact) mass is 188 g/mol. The van der Waals surface area contributed by atoms with Crippen molar-refractivity contribution < 1.29 is 9.90 Å². The number of carboxylic acids is 1. The van der Waals surface area contributed by atoms with Gasteiger partial charge in [0.25, 0.3) is 0 Å². The Labute approximate surface area is 74.4 Å². The number of nitrogens with zero attached hydrogens (tertiary/aromatic N) is 3. The molecule has 1 fully saturated rings. The van der Waals surface area contributed by atoms with E-state index < -0.39 is 12.0 Å². The third kappa shape index (κ3) is 2.13. The van der Waals surface area contributed by atoms with E-state index >= 15 is 0 Å². The first-order valence-electron chi connectivity index (χ1n) is 3.96. The highest BCUT2D eigenvalue weighted by atomic mass is 16.6. The topological polar surface area (TPSA) is 96.3 Å². The lowest BCUT2D eigenvalue weighted by molar-refractivity contribution is -0.153. The summed E-state index contributed by atoms with van der Waals surface area (Å²) in [7, 11) is 0. The number of carboxylic acid groups (broad SMARTS) is 1. The van der Waals surface area contributed by atoms with E-state index in [0.717, 1.165) is 11.4 Å². The van der Waals surface area contributed by atoms with Crippen LogP contribution in [0.5, 0.6) is 0 Å². The van der Waals surface area contributed by atoms with Gasteiger partial charge in [-0.3, -0.25) is 10.1 Å². The summed E-state index contributed by atoms with van der Waals surface area (Å²) in [5.41, 5.74) is 0. The molecule has 1 N–H and O–H groups in total. The number of hydrazine groups is 1. The fourth-order valence-corrected chi connectivity index (χ4v) is 1.42. The molecular weight excluding hydrogens is 178 g/mol. The Bertz CT molecular complexity index is 210. The number of nitroso groups, excluding NO2 is 1. The van der Waals surface area contributed by atoms with Gasteiger partial charge in [-0.1, -0.05) is 0 Å². The Kier molecular flexibility index (Phi) is 3.15. The Morgan fingerprint density at radius 3 is 2.85 bits per heavy atom. The molecule has 1 atom stereocenters. The fraction of sp³-hybridized carbons (Fsp3) is 0.833. The van der Waals surface area contributed by atoms with E-state index in [1.165, 1.54) is 0 Å². The second kappa shape index (κ2) is 4.15. The minimum atomic E-state index is -1.09. The molecule has 0 radical (unpaired) electrons. The summed E-state index contributed by atoms with van der Waals surface area (Å²) in [5.74, 6) is -1.09. The van der Waals surface area contributed by atoms with Crippen molar-refractivity contribution in [2.75, 3.05) is 6.54 Å². The highest BCUT2D eigenvalue weighted by Gasteiger charge is 2.29. The zero-order valence-corrected chi connectivity index (χ0v) is 6.92. The number of aliphatic carboxylic acids is 1. The van der Waals surface area contributed by atoms with E-state index in [0.29, 0.717) is 12.8 Å². The maximum absolute atomic E-state index is 10.8. The van der Waals surface area contributed by atoms with E-state index in [4.69, 9.17) is 5.11 Å². The van der Waals surface area contributed by atoms with Crippen molar-refractivity contribution in [1.82, 2.24) is 10.3 Å². The number of hydrogen-bond acceptors (Lipinski definition) is 5. The van der Waals surface area contributed by atoms with Gasteiger partial charge in [0.05, 0.1) is 5.29 Å². The van der Waals surface area contributed by atoms with Gasteiger partial charge < -0.3 is 10.3 Å². The fourth-order valence-electron chi connectivity index (χ4n) is 1.42. The molecule has 13 heavy (non-hydrogen) atoms. The Hall–Kier alpha value is -1.21. The first kappa shape index (κ1) is 9.87. The van der Waals surface area contributed by atoms with Crippen molar-refractivity contribution in [3.05, 3.63) is 10.1 Å². The minimum absolute atomic E-state index is 0.183. The zero-order chi connectivity index (χ0) is 9.84. The van der Waals surface area contributed by atoms with Crippen LogP contribution in [0, 0.1) is 10.1 Å². The number of piperidine rings is 1. The molecule has 1 unspecified atom stereocenters. The molecule has 1 aliphatic rings. The lowest BCUT2D eigenvalue weighted by Crippen LogP contribution is -2.50. The molecule has 1 rings (SSSR count). The van der Waals surface area contributed by atoms with E-state index in [-0.39, 0.29) is 11.8 Å². The van der Waals surface area contributed by atoms with E-state index in [1.807, 2.05) is 0 Å². The normalized spacial score (nSPS) is 23.9. The van der Waals surface area contributed by atoms with Crippen molar-refractivity contribution in [3.8, 4) is 0 Å². The van der Waals surface area contributed by atoms with Gasteiger partial charge in [-0.05, 0) is 19.3 Å². The molecule has 0 aromatic heterocycles. The van der Waals surface area contributed by atoms with Gasteiger partial charge in [-0.2, -0.15) is 5.01 Å². The van der Waals surface area contributed by atoms with Crippen LogP contribution in [0.25, 0.3) is 0 Å². The van der Waals surface area contributed by atoms with Gasteiger partial charge in [-0.25, -0.2) is 0 Å². The third-order valence-corrected chi connectivity index (χ3v) is 2.05. The zero-order valence-electron chi connectivity index (χ0n) is 6.92. The summed E-state index contributed by atoms with van der Waals surface area (Å²) in [5, 5.41) is 22.4. The quantitative estimate of drug-likeness (QED) is 0.506. The lowest BCUT2D eigenvalue weighted by Gasteiger charge is -2.40. The molecule has 0 saturated carbocycles. The van der Waals surface area contributed by atoms with Crippen molar-refractivity contribution in [2.24, 2.45) is 5.29 Å². The van der Waals surface area contributed by atoms with Gasteiger partial charge in [0.1, 0.15) is 6.04 Å². The SMILES string of the molecule is O=NN([O-])N1CCCCC1C(=O)O.